The summed E-state index contributed by atoms with van der Waals surface area (Å²) in [5.41, 5.74) is 3.00. The number of benzene rings is 1. The fraction of sp³-hybridized carbons (Fsp3) is 0.625. The van der Waals surface area contributed by atoms with Crippen LogP contribution in [-0.4, -0.2) is 25.2 Å². The molecule has 0 spiro atoms. The molecule has 2 nitrogen and oxygen atoms in total. The highest BCUT2D eigenvalue weighted by Gasteiger charge is 2.25. The van der Waals surface area contributed by atoms with Crippen molar-refractivity contribution in [1.82, 2.24) is 5.32 Å². The molecule has 0 aliphatic carbocycles. The molecule has 1 aromatic carbocycles. The van der Waals surface area contributed by atoms with Gasteiger partial charge in [0.25, 0.3) is 0 Å². The summed E-state index contributed by atoms with van der Waals surface area (Å²) in [5.74, 6) is 0. The highest BCUT2D eigenvalue weighted by atomic mass is 15.2. The highest BCUT2D eigenvalue weighted by Crippen LogP contribution is 2.30. The molecule has 2 aliphatic rings. The first-order chi connectivity index (χ1) is 8.84. The molecular weight excluding hydrogens is 220 g/mol. The number of hydrogen-bond acceptors (Lipinski definition) is 2. The molecule has 1 fully saturated rings. The zero-order valence-electron chi connectivity index (χ0n) is 11.4. The van der Waals surface area contributed by atoms with Crippen molar-refractivity contribution in [3.63, 3.8) is 0 Å². The Morgan fingerprint density at radius 1 is 1.33 bits per heavy atom. The number of hydrogen-bond donors (Lipinski definition) is 1. The summed E-state index contributed by atoms with van der Waals surface area (Å²) in [5, 5.41) is 3.67. The summed E-state index contributed by atoms with van der Waals surface area (Å²) in [4.78, 5) is 2.60. The van der Waals surface area contributed by atoms with Gasteiger partial charge in [0.1, 0.15) is 0 Å². The van der Waals surface area contributed by atoms with E-state index in [9.17, 15) is 0 Å². The second-order valence-electron chi connectivity index (χ2n) is 5.80. The molecule has 2 heteroatoms. The molecule has 0 aromatic heterocycles. The van der Waals surface area contributed by atoms with Crippen molar-refractivity contribution in [2.75, 3.05) is 18.0 Å². The maximum Gasteiger partial charge on any atom is 0.0401 e. The van der Waals surface area contributed by atoms with E-state index < -0.39 is 0 Å². The molecule has 2 unspecified atom stereocenters. The minimum absolute atomic E-state index is 0.657. The molecule has 1 saturated heterocycles. The first-order valence-corrected chi connectivity index (χ1v) is 7.42. The summed E-state index contributed by atoms with van der Waals surface area (Å²) >= 11 is 0. The van der Waals surface area contributed by atoms with Gasteiger partial charge in [-0.15, -0.1) is 0 Å². The Hall–Kier alpha value is -1.02. The lowest BCUT2D eigenvalue weighted by atomic mass is 9.98. The Labute approximate surface area is 110 Å². The second kappa shape index (κ2) is 5.31. The monoisotopic (exact) mass is 244 g/mol. The summed E-state index contributed by atoms with van der Waals surface area (Å²) in [6, 6.07) is 10.3. The van der Waals surface area contributed by atoms with Crippen LogP contribution in [0.2, 0.25) is 0 Å². The van der Waals surface area contributed by atoms with Crippen LogP contribution in [0.15, 0.2) is 24.3 Å². The van der Waals surface area contributed by atoms with Gasteiger partial charge in [-0.05, 0) is 50.8 Å². The van der Waals surface area contributed by atoms with Crippen LogP contribution in [0.25, 0.3) is 0 Å². The van der Waals surface area contributed by atoms with E-state index in [4.69, 9.17) is 0 Å². The molecule has 2 atom stereocenters. The zero-order chi connectivity index (χ0) is 12.4. The van der Waals surface area contributed by atoms with Gasteiger partial charge in [0.15, 0.2) is 0 Å². The van der Waals surface area contributed by atoms with Crippen molar-refractivity contribution < 1.29 is 0 Å². The number of nitrogens with zero attached hydrogens (tertiary/aromatic N) is 1. The molecule has 0 saturated carbocycles. The lowest BCUT2D eigenvalue weighted by molar-refractivity contribution is 0.360. The standard InChI is InChI=1S/C16H24N2/c1-13(12-15-7-4-5-10-17-15)18-11-9-14-6-2-3-8-16(14)18/h2-3,6,8,13,15,17H,4-5,7,9-12H2,1H3. The Bertz CT molecular complexity index is 396. The predicted octanol–water partition coefficient (Wildman–Crippen LogP) is 2.97. The van der Waals surface area contributed by atoms with E-state index in [-0.39, 0.29) is 0 Å². The number of anilines is 1. The third kappa shape index (κ3) is 2.39. The van der Waals surface area contributed by atoms with E-state index in [0.717, 1.165) is 6.04 Å². The fourth-order valence-electron chi connectivity index (χ4n) is 3.49. The minimum atomic E-state index is 0.657. The predicted molar refractivity (Wildman–Crippen MR) is 77.2 cm³/mol. The van der Waals surface area contributed by atoms with Gasteiger partial charge in [0.05, 0.1) is 0 Å². The molecule has 98 valence electrons. The maximum absolute atomic E-state index is 3.67. The van der Waals surface area contributed by atoms with Crippen molar-refractivity contribution in [2.45, 2.75) is 51.1 Å². The Kier molecular flexibility index (Phi) is 3.55. The molecule has 1 aromatic rings. The van der Waals surface area contributed by atoms with Crippen LogP contribution in [0.4, 0.5) is 5.69 Å². The lowest BCUT2D eigenvalue weighted by Crippen LogP contribution is -2.41. The van der Waals surface area contributed by atoms with E-state index in [1.54, 1.807) is 0 Å². The third-order valence-electron chi connectivity index (χ3n) is 4.49. The van der Waals surface area contributed by atoms with Crippen molar-refractivity contribution in [3.8, 4) is 0 Å². The van der Waals surface area contributed by atoms with Crippen LogP contribution in [0.3, 0.4) is 0 Å². The molecule has 18 heavy (non-hydrogen) atoms. The molecular formula is C16H24N2. The first kappa shape index (κ1) is 12.0. The molecule has 2 heterocycles. The normalized spacial score (nSPS) is 24.9. The third-order valence-corrected chi connectivity index (χ3v) is 4.49. The van der Waals surface area contributed by atoms with Gasteiger partial charge in [-0.1, -0.05) is 24.6 Å². The van der Waals surface area contributed by atoms with E-state index in [2.05, 4.69) is 41.4 Å². The number of rotatable bonds is 3. The number of piperidine rings is 1. The van der Waals surface area contributed by atoms with E-state index in [1.165, 1.54) is 56.4 Å². The van der Waals surface area contributed by atoms with E-state index in [1.807, 2.05) is 0 Å². The smallest absolute Gasteiger partial charge is 0.0401 e. The van der Waals surface area contributed by atoms with Crippen molar-refractivity contribution in [3.05, 3.63) is 29.8 Å². The van der Waals surface area contributed by atoms with Gasteiger partial charge in [-0.2, -0.15) is 0 Å². The SMILES string of the molecule is CC(CC1CCCCN1)N1CCc2ccccc21. The van der Waals surface area contributed by atoms with Crippen LogP contribution < -0.4 is 10.2 Å². The van der Waals surface area contributed by atoms with Crippen molar-refractivity contribution >= 4 is 5.69 Å². The zero-order valence-corrected chi connectivity index (χ0v) is 11.4. The summed E-state index contributed by atoms with van der Waals surface area (Å²) in [7, 11) is 0. The lowest BCUT2D eigenvalue weighted by Gasteiger charge is -2.32. The Morgan fingerprint density at radius 3 is 3.06 bits per heavy atom. The van der Waals surface area contributed by atoms with Crippen LogP contribution >= 0.6 is 0 Å². The van der Waals surface area contributed by atoms with Crippen molar-refractivity contribution in [2.24, 2.45) is 0 Å². The largest absolute Gasteiger partial charge is 0.368 e. The Balaban J connectivity index is 1.64. The maximum atomic E-state index is 3.67. The molecule has 0 radical (unpaired) electrons. The Morgan fingerprint density at radius 2 is 2.22 bits per heavy atom. The van der Waals surface area contributed by atoms with Crippen LogP contribution in [-0.2, 0) is 6.42 Å². The average Bonchev–Trinajstić information content (AvgIpc) is 2.84. The highest BCUT2D eigenvalue weighted by molar-refractivity contribution is 5.58. The van der Waals surface area contributed by atoms with E-state index in [0.29, 0.717) is 6.04 Å². The van der Waals surface area contributed by atoms with Crippen LogP contribution in [0.1, 0.15) is 38.2 Å². The van der Waals surface area contributed by atoms with Gasteiger partial charge in [0, 0.05) is 24.3 Å². The number of para-hydroxylation sites is 1. The van der Waals surface area contributed by atoms with Crippen molar-refractivity contribution in [1.29, 1.82) is 0 Å². The minimum Gasteiger partial charge on any atom is -0.368 e. The quantitative estimate of drug-likeness (QED) is 0.879. The molecule has 1 N–H and O–H groups in total. The first-order valence-electron chi connectivity index (χ1n) is 7.42. The van der Waals surface area contributed by atoms with Gasteiger partial charge in [-0.3, -0.25) is 0 Å². The van der Waals surface area contributed by atoms with Gasteiger partial charge < -0.3 is 10.2 Å². The number of fused-ring (bicyclic) bond motifs is 1. The van der Waals surface area contributed by atoms with Gasteiger partial charge >= 0.3 is 0 Å². The van der Waals surface area contributed by atoms with Crippen LogP contribution in [0, 0.1) is 0 Å². The molecule has 2 aliphatic heterocycles. The molecule has 3 rings (SSSR count). The summed E-state index contributed by atoms with van der Waals surface area (Å²) < 4.78 is 0. The molecule has 0 amide bonds. The van der Waals surface area contributed by atoms with Gasteiger partial charge in [0.2, 0.25) is 0 Å². The average molecular weight is 244 g/mol. The second-order valence-corrected chi connectivity index (χ2v) is 5.80. The fourth-order valence-corrected chi connectivity index (χ4v) is 3.49. The van der Waals surface area contributed by atoms with Gasteiger partial charge in [-0.25, -0.2) is 0 Å². The van der Waals surface area contributed by atoms with Crippen LogP contribution in [0.5, 0.6) is 0 Å². The topological polar surface area (TPSA) is 15.3 Å². The summed E-state index contributed by atoms with van der Waals surface area (Å²) in [6.45, 7) is 4.81. The molecule has 0 bridgehead atoms. The van der Waals surface area contributed by atoms with E-state index >= 15 is 0 Å². The summed E-state index contributed by atoms with van der Waals surface area (Å²) in [6.07, 6.45) is 6.63. The number of nitrogens with one attached hydrogen (secondary N) is 1.